The molecule has 1 saturated heterocycles. The van der Waals surface area contributed by atoms with Gasteiger partial charge in [-0.3, -0.25) is 4.90 Å². The van der Waals surface area contributed by atoms with Crippen molar-refractivity contribution < 1.29 is 0 Å². The minimum absolute atomic E-state index is 0.481. The lowest BCUT2D eigenvalue weighted by atomic mass is 10.1. The number of hydrogen-bond acceptors (Lipinski definition) is 2. The predicted octanol–water partition coefficient (Wildman–Crippen LogP) is 1.46. The molecule has 2 unspecified atom stereocenters. The zero-order valence-electron chi connectivity index (χ0n) is 12.2. The maximum Gasteiger partial charge on any atom is 0.191 e. The number of nitrogens with one attached hydrogen (secondary N) is 2. The molecular formula is C14H28N4. The summed E-state index contributed by atoms with van der Waals surface area (Å²) in [6.45, 7) is 16.4. The van der Waals surface area contributed by atoms with Crippen molar-refractivity contribution in [3.8, 4) is 0 Å². The summed E-state index contributed by atoms with van der Waals surface area (Å²) in [5.74, 6) is 1.56. The third kappa shape index (κ3) is 4.33. The van der Waals surface area contributed by atoms with Crippen LogP contribution in [0.15, 0.2) is 17.6 Å². The third-order valence-electron chi connectivity index (χ3n) is 3.42. The molecular weight excluding hydrogens is 224 g/mol. The Morgan fingerprint density at radius 3 is 2.72 bits per heavy atom. The Labute approximate surface area is 112 Å². The maximum atomic E-state index is 4.46. The van der Waals surface area contributed by atoms with Crippen LogP contribution in [0.1, 0.15) is 27.7 Å². The van der Waals surface area contributed by atoms with Crippen LogP contribution < -0.4 is 10.6 Å². The topological polar surface area (TPSA) is 39.7 Å². The Morgan fingerprint density at radius 1 is 1.50 bits per heavy atom. The van der Waals surface area contributed by atoms with E-state index in [9.17, 15) is 0 Å². The fraction of sp³-hybridized carbons (Fsp3) is 0.786. The van der Waals surface area contributed by atoms with Crippen molar-refractivity contribution in [2.24, 2.45) is 10.9 Å². The highest BCUT2D eigenvalue weighted by atomic mass is 15.3. The van der Waals surface area contributed by atoms with Gasteiger partial charge in [0.2, 0.25) is 0 Å². The molecule has 0 radical (unpaired) electrons. The standard InChI is InChI=1S/C14H28N4/c1-6-8-16-14(15-7-2)17-13-10-18(11(3)4)9-12(13)5/h6,11-13H,1,7-10H2,2-5H3,(H2,15,16,17). The Morgan fingerprint density at radius 2 is 2.22 bits per heavy atom. The highest BCUT2D eigenvalue weighted by Gasteiger charge is 2.31. The number of nitrogens with zero attached hydrogens (tertiary/aromatic N) is 2. The molecule has 0 amide bonds. The third-order valence-corrected chi connectivity index (χ3v) is 3.42. The highest BCUT2D eigenvalue weighted by molar-refractivity contribution is 5.80. The van der Waals surface area contributed by atoms with Crippen LogP contribution in [0.25, 0.3) is 0 Å². The molecule has 0 bridgehead atoms. The number of hydrogen-bond donors (Lipinski definition) is 2. The first-order valence-corrected chi connectivity index (χ1v) is 6.98. The largest absolute Gasteiger partial charge is 0.357 e. The molecule has 104 valence electrons. The van der Waals surface area contributed by atoms with E-state index in [1.807, 2.05) is 6.08 Å². The average molecular weight is 252 g/mol. The summed E-state index contributed by atoms with van der Waals surface area (Å²) in [7, 11) is 0. The molecule has 0 aromatic heterocycles. The Hall–Kier alpha value is -1.03. The van der Waals surface area contributed by atoms with Gasteiger partial charge in [-0.05, 0) is 26.7 Å². The molecule has 0 aromatic carbocycles. The van der Waals surface area contributed by atoms with Crippen LogP contribution in [0.5, 0.6) is 0 Å². The first kappa shape index (κ1) is 15.0. The van der Waals surface area contributed by atoms with Gasteiger partial charge in [0, 0.05) is 31.7 Å². The second kappa shape index (κ2) is 7.41. The quantitative estimate of drug-likeness (QED) is 0.442. The summed E-state index contributed by atoms with van der Waals surface area (Å²) >= 11 is 0. The van der Waals surface area contributed by atoms with Gasteiger partial charge in [0.05, 0.1) is 6.54 Å². The minimum Gasteiger partial charge on any atom is -0.357 e. The van der Waals surface area contributed by atoms with Crippen LogP contribution in [0.2, 0.25) is 0 Å². The van der Waals surface area contributed by atoms with E-state index in [1.165, 1.54) is 0 Å². The molecule has 0 saturated carbocycles. The van der Waals surface area contributed by atoms with Crippen molar-refractivity contribution in [3.63, 3.8) is 0 Å². The van der Waals surface area contributed by atoms with E-state index in [-0.39, 0.29) is 0 Å². The van der Waals surface area contributed by atoms with E-state index in [1.54, 1.807) is 0 Å². The smallest absolute Gasteiger partial charge is 0.191 e. The summed E-state index contributed by atoms with van der Waals surface area (Å²) in [6, 6.07) is 1.10. The van der Waals surface area contributed by atoms with Gasteiger partial charge < -0.3 is 10.6 Å². The van der Waals surface area contributed by atoms with E-state index in [2.05, 4.69) is 54.8 Å². The average Bonchev–Trinajstić information content (AvgIpc) is 2.68. The van der Waals surface area contributed by atoms with Crippen LogP contribution >= 0.6 is 0 Å². The molecule has 2 N–H and O–H groups in total. The lowest BCUT2D eigenvalue weighted by molar-refractivity contribution is 0.265. The van der Waals surface area contributed by atoms with Gasteiger partial charge in [-0.1, -0.05) is 13.0 Å². The molecule has 18 heavy (non-hydrogen) atoms. The summed E-state index contributed by atoms with van der Waals surface area (Å²) in [5, 5.41) is 6.82. The fourth-order valence-electron chi connectivity index (χ4n) is 2.27. The van der Waals surface area contributed by atoms with E-state index >= 15 is 0 Å². The van der Waals surface area contributed by atoms with Crippen molar-refractivity contribution in [1.29, 1.82) is 0 Å². The molecule has 0 aromatic rings. The van der Waals surface area contributed by atoms with Crippen LogP contribution in [0, 0.1) is 5.92 Å². The number of likely N-dealkylation sites (tertiary alicyclic amines) is 1. The zero-order valence-corrected chi connectivity index (χ0v) is 12.2. The Bertz CT molecular complexity index is 286. The van der Waals surface area contributed by atoms with Crippen molar-refractivity contribution >= 4 is 5.96 Å². The molecule has 1 rings (SSSR count). The van der Waals surface area contributed by atoms with Crippen molar-refractivity contribution in [2.45, 2.75) is 39.8 Å². The Balaban J connectivity index is 2.56. The van der Waals surface area contributed by atoms with E-state index < -0.39 is 0 Å². The van der Waals surface area contributed by atoms with Crippen LogP contribution in [-0.4, -0.2) is 49.1 Å². The first-order chi connectivity index (χ1) is 8.58. The van der Waals surface area contributed by atoms with Gasteiger partial charge in [-0.15, -0.1) is 6.58 Å². The van der Waals surface area contributed by atoms with Gasteiger partial charge in [0.15, 0.2) is 5.96 Å². The van der Waals surface area contributed by atoms with E-state index in [0.29, 0.717) is 24.5 Å². The molecule has 1 heterocycles. The molecule has 4 heteroatoms. The first-order valence-electron chi connectivity index (χ1n) is 6.98. The molecule has 1 fully saturated rings. The zero-order chi connectivity index (χ0) is 13.5. The van der Waals surface area contributed by atoms with E-state index in [0.717, 1.165) is 25.6 Å². The van der Waals surface area contributed by atoms with Crippen LogP contribution in [-0.2, 0) is 0 Å². The van der Waals surface area contributed by atoms with Crippen LogP contribution in [0.3, 0.4) is 0 Å². The minimum atomic E-state index is 0.481. The molecule has 1 aliphatic rings. The highest BCUT2D eigenvalue weighted by Crippen LogP contribution is 2.18. The molecule has 4 nitrogen and oxygen atoms in total. The summed E-state index contributed by atoms with van der Waals surface area (Å²) in [6.07, 6.45) is 1.82. The Kier molecular flexibility index (Phi) is 6.19. The SMILES string of the molecule is C=CCN=C(NCC)NC1CN(C(C)C)CC1C. The number of guanidine groups is 1. The molecule has 0 aliphatic carbocycles. The van der Waals surface area contributed by atoms with Crippen molar-refractivity contribution in [3.05, 3.63) is 12.7 Å². The van der Waals surface area contributed by atoms with Crippen molar-refractivity contribution in [1.82, 2.24) is 15.5 Å². The predicted molar refractivity (Wildman–Crippen MR) is 79.0 cm³/mol. The fourth-order valence-corrected chi connectivity index (χ4v) is 2.27. The molecule has 1 aliphatic heterocycles. The monoisotopic (exact) mass is 252 g/mol. The molecule has 2 atom stereocenters. The maximum absolute atomic E-state index is 4.46. The normalized spacial score (nSPS) is 25.5. The van der Waals surface area contributed by atoms with Gasteiger partial charge in [0.25, 0.3) is 0 Å². The second-order valence-corrected chi connectivity index (χ2v) is 5.28. The van der Waals surface area contributed by atoms with E-state index in [4.69, 9.17) is 0 Å². The number of aliphatic imine (C=N–C) groups is 1. The lowest BCUT2D eigenvalue weighted by Gasteiger charge is -2.21. The van der Waals surface area contributed by atoms with Gasteiger partial charge in [0.1, 0.15) is 0 Å². The molecule has 0 spiro atoms. The summed E-state index contributed by atoms with van der Waals surface area (Å²) in [4.78, 5) is 6.97. The van der Waals surface area contributed by atoms with Gasteiger partial charge in [-0.25, -0.2) is 4.99 Å². The van der Waals surface area contributed by atoms with Crippen LogP contribution in [0.4, 0.5) is 0 Å². The lowest BCUT2D eigenvalue weighted by Crippen LogP contribution is -2.46. The van der Waals surface area contributed by atoms with Gasteiger partial charge in [-0.2, -0.15) is 0 Å². The van der Waals surface area contributed by atoms with Gasteiger partial charge >= 0.3 is 0 Å². The summed E-state index contributed by atoms with van der Waals surface area (Å²) in [5.41, 5.74) is 0. The summed E-state index contributed by atoms with van der Waals surface area (Å²) < 4.78 is 0. The number of rotatable bonds is 5. The second-order valence-electron chi connectivity index (χ2n) is 5.28. The van der Waals surface area contributed by atoms with Crippen molar-refractivity contribution in [2.75, 3.05) is 26.2 Å².